The van der Waals surface area contributed by atoms with E-state index in [0.717, 1.165) is 55.6 Å². The third kappa shape index (κ3) is 4.06. The van der Waals surface area contributed by atoms with E-state index in [4.69, 9.17) is 20.2 Å². The molecular formula is C32H25N5O3. The monoisotopic (exact) mass is 527 g/mol. The van der Waals surface area contributed by atoms with Gasteiger partial charge in [-0.05, 0) is 72.1 Å². The quantitative estimate of drug-likeness (QED) is 0.276. The van der Waals surface area contributed by atoms with E-state index in [-0.39, 0.29) is 6.79 Å². The molecule has 0 radical (unpaired) electrons. The Morgan fingerprint density at radius 3 is 2.77 bits per heavy atom. The molecule has 0 bridgehead atoms. The van der Waals surface area contributed by atoms with Gasteiger partial charge in [-0.1, -0.05) is 24.3 Å². The summed E-state index contributed by atoms with van der Waals surface area (Å²) in [4.78, 5) is 21.7. The van der Waals surface area contributed by atoms with Crippen LogP contribution >= 0.6 is 0 Å². The number of fused-ring (bicyclic) bond motifs is 3. The van der Waals surface area contributed by atoms with Crippen LogP contribution in [0.4, 0.5) is 5.69 Å². The van der Waals surface area contributed by atoms with E-state index in [1.807, 2.05) is 71.6 Å². The number of para-hydroxylation sites is 1. The van der Waals surface area contributed by atoms with Gasteiger partial charge in [-0.25, -0.2) is 4.98 Å². The lowest BCUT2D eigenvalue weighted by atomic mass is 10.0. The molecule has 7 rings (SSSR count). The summed E-state index contributed by atoms with van der Waals surface area (Å²) in [5, 5.41) is 5.52. The summed E-state index contributed by atoms with van der Waals surface area (Å²) in [6.07, 6.45) is 5.80. The molecule has 4 heterocycles. The lowest BCUT2D eigenvalue weighted by molar-refractivity contribution is 0.100. The van der Waals surface area contributed by atoms with Crippen molar-refractivity contribution in [3.63, 3.8) is 0 Å². The fourth-order valence-corrected chi connectivity index (χ4v) is 5.29. The second kappa shape index (κ2) is 9.43. The Hall–Kier alpha value is -5.37. The van der Waals surface area contributed by atoms with E-state index in [0.29, 0.717) is 23.5 Å². The fraction of sp³-hybridized carbons (Fsp3) is 0.0938. The third-order valence-electron chi connectivity index (χ3n) is 7.24. The minimum atomic E-state index is -0.502. The molecule has 0 fully saturated rings. The van der Waals surface area contributed by atoms with Gasteiger partial charge in [0, 0.05) is 52.8 Å². The summed E-state index contributed by atoms with van der Waals surface area (Å²) in [7, 11) is 0. The number of hydrogen-bond acceptors (Lipinski definition) is 6. The predicted octanol–water partition coefficient (Wildman–Crippen LogP) is 5.99. The fourth-order valence-electron chi connectivity index (χ4n) is 5.29. The lowest BCUT2D eigenvalue weighted by Gasteiger charge is -2.14. The summed E-state index contributed by atoms with van der Waals surface area (Å²) in [6, 6.07) is 23.6. The molecule has 1 amide bonds. The van der Waals surface area contributed by atoms with Crippen LogP contribution in [-0.4, -0.2) is 27.2 Å². The number of nitrogens with zero attached hydrogens (tertiary/aromatic N) is 3. The van der Waals surface area contributed by atoms with Crippen LogP contribution in [0.15, 0.2) is 91.4 Å². The predicted molar refractivity (Wildman–Crippen MR) is 155 cm³/mol. The lowest BCUT2D eigenvalue weighted by Crippen LogP contribution is -2.15. The highest BCUT2D eigenvalue weighted by atomic mass is 16.7. The Morgan fingerprint density at radius 2 is 1.88 bits per heavy atom. The Morgan fingerprint density at radius 1 is 1.00 bits per heavy atom. The van der Waals surface area contributed by atoms with Crippen LogP contribution in [-0.2, 0) is 6.54 Å². The van der Waals surface area contributed by atoms with Gasteiger partial charge < -0.3 is 25.1 Å². The van der Waals surface area contributed by atoms with Crippen molar-refractivity contribution in [1.29, 1.82) is 0 Å². The summed E-state index contributed by atoms with van der Waals surface area (Å²) < 4.78 is 12.9. The molecule has 8 nitrogen and oxygen atoms in total. The number of carbonyl (C=O) groups is 1. The molecular weight excluding hydrogens is 502 g/mol. The van der Waals surface area contributed by atoms with Crippen molar-refractivity contribution in [1.82, 2.24) is 14.5 Å². The largest absolute Gasteiger partial charge is 0.454 e. The summed E-state index contributed by atoms with van der Waals surface area (Å²) in [5.74, 6) is 0.934. The number of amides is 1. The van der Waals surface area contributed by atoms with E-state index < -0.39 is 5.91 Å². The molecule has 40 heavy (non-hydrogen) atoms. The maximum Gasteiger partial charge on any atom is 0.250 e. The molecule has 0 aliphatic carbocycles. The topological polar surface area (TPSA) is 104 Å². The number of primary amides is 1. The SMILES string of the molecule is Cc1cn(-c2ccc(C(N)=O)c(NCc3ccc4c(c3)OCO4)c2)c2nccc(-c3cnc4ccccc4c3)c12. The normalized spacial score (nSPS) is 12.2. The first-order valence-corrected chi connectivity index (χ1v) is 12.9. The van der Waals surface area contributed by atoms with Crippen molar-refractivity contribution in [3.8, 4) is 28.3 Å². The minimum Gasteiger partial charge on any atom is -0.454 e. The zero-order valence-corrected chi connectivity index (χ0v) is 21.7. The van der Waals surface area contributed by atoms with Gasteiger partial charge in [0.2, 0.25) is 6.79 Å². The number of nitrogens with two attached hydrogens (primary N) is 1. The molecule has 3 aromatic heterocycles. The molecule has 8 heteroatoms. The van der Waals surface area contributed by atoms with Gasteiger partial charge in [-0.15, -0.1) is 0 Å². The zero-order valence-electron chi connectivity index (χ0n) is 21.7. The molecule has 0 saturated carbocycles. The summed E-state index contributed by atoms with van der Waals surface area (Å²) in [5.41, 5.74) is 13.6. The van der Waals surface area contributed by atoms with Gasteiger partial charge in [-0.2, -0.15) is 0 Å². The van der Waals surface area contributed by atoms with Crippen molar-refractivity contribution in [3.05, 3.63) is 108 Å². The molecule has 3 aromatic carbocycles. The third-order valence-corrected chi connectivity index (χ3v) is 7.24. The van der Waals surface area contributed by atoms with Crippen LogP contribution in [0.5, 0.6) is 11.5 Å². The van der Waals surface area contributed by atoms with Gasteiger partial charge in [0.15, 0.2) is 11.5 Å². The number of aromatic nitrogens is 3. The Labute approximate surface area is 230 Å². The van der Waals surface area contributed by atoms with Crippen LogP contribution in [0.2, 0.25) is 0 Å². The average Bonchev–Trinajstić information content (AvgIpc) is 3.59. The molecule has 0 spiro atoms. The number of nitrogens with one attached hydrogen (secondary N) is 1. The summed E-state index contributed by atoms with van der Waals surface area (Å²) in [6.45, 7) is 2.77. The first-order valence-electron chi connectivity index (χ1n) is 12.9. The van der Waals surface area contributed by atoms with Gasteiger partial charge in [-0.3, -0.25) is 9.78 Å². The average molecular weight is 528 g/mol. The Bertz CT molecular complexity index is 1950. The molecule has 0 unspecified atom stereocenters. The standard InChI is InChI=1S/C32H25N5O3/c1-19-17-37(32-30(19)24(10-11-34-32)22-13-21-4-2-3-5-26(21)36-16-22)23-7-8-25(31(33)38)27(14-23)35-15-20-6-9-28-29(12-20)40-18-39-28/h2-14,16-17,35H,15,18H2,1H3,(H2,33,38). The first kappa shape index (κ1) is 23.7. The van der Waals surface area contributed by atoms with Crippen molar-refractivity contribution >= 4 is 33.5 Å². The molecule has 0 saturated heterocycles. The number of rotatable bonds is 6. The van der Waals surface area contributed by atoms with Gasteiger partial charge in [0.25, 0.3) is 5.91 Å². The Balaban J connectivity index is 1.28. The molecule has 1 aliphatic heterocycles. The number of anilines is 1. The Kier molecular flexibility index (Phi) is 5.59. The van der Waals surface area contributed by atoms with Crippen molar-refractivity contribution in [2.45, 2.75) is 13.5 Å². The number of ether oxygens (including phenoxy) is 2. The second-order valence-electron chi connectivity index (χ2n) is 9.79. The van der Waals surface area contributed by atoms with Crippen LogP contribution in [0.3, 0.4) is 0 Å². The summed E-state index contributed by atoms with van der Waals surface area (Å²) >= 11 is 0. The van der Waals surface area contributed by atoms with Crippen molar-refractivity contribution in [2.75, 3.05) is 12.1 Å². The number of aryl methyl sites for hydroxylation is 1. The highest BCUT2D eigenvalue weighted by molar-refractivity contribution is 6.00. The smallest absolute Gasteiger partial charge is 0.250 e. The van der Waals surface area contributed by atoms with E-state index in [1.54, 1.807) is 6.07 Å². The molecule has 1 aliphatic rings. The maximum atomic E-state index is 12.3. The van der Waals surface area contributed by atoms with Crippen LogP contribution < -0.4 is 20.5 Å². The van der Waals surface area contributed by atoms with Crippen LogP contribution in [0.1, 0.15) is 21.5 Å². The molecule has 0 atom stereocenters. The van der Waals surface area contributed by atoms with Gasteiger partial charge in [0.05, 0.1) is 11.1 Å². The highest BCUT2D eigenvalue weighted by Gasteiger charge is 2.17. The van der Waals surface area contributed by atoms with E-state index in [1.165, 1.54) is 0 Å². The number of pyridine rings is 2. The molecule has 6 aromatic rings. The van der Waals surface area contributed by atoms with E-state index in [9.17, 15) is 4.79 Å². The second-order valence-corrected chi connectivity index (χ2v) is 9.79. The number of hydrogen-bond donors (Lipinski definition) is 2. The van der Waals surface area contributed by atoms with Gasteiger partial charge >= 0.3 is 0 Å². The first-order chi connectivity index (χ1) is 19.5. The molecule has 196 valence electrons. The number of benzene rings is 3. The van der Waals surface area contributed by atoms with Crippen LogP contribution in [0.25, 0.3) is 38.8 Å². The number of carbonyl (C=O) groups excluding carboxylic acids is 1. The zero-order chi connectivity index (χ0) is 27.2. The van der Waals surface area contributed by atoms with E-state index in [2.05, 4.69) is 35.6 Å². The van der Waals surface area contributed by atoms with Crippen molar-refractivity contribution in [2.24, 2.45) is 5.73 Å². The highest BCUT2D eigenvalue weighted by Crippen LogP contribution is 2.35. The van der Waals surface area contributed by atoms with Gasteiger partial charge in [0.1, 0.15) is 5.65 Å². The minimum absolute atomic E-state index is 0.220. The van der Waals surface area contributed by atoms with E-state index >= 15 is 0 Å². The molecule has 3 N–H and O–H groups in total. The van der Waals surface area contributed by atoms with Crippen LogP contribution in [0, 0.1) is 6.92 Å². The van der Waals surface area contributed by atoms with Crippen molar-refractivity contribution < 1.29 is 14.3 Å². The maximum absolute atomic E-state index is 12.3.